The number of fused-ring (bicyclic) bond motifs is 1. The van der Waals surface area contributed by atoms with Gasteiger partial charge in [0, 0.05) is 43.8 Å². The van der Waals surface area contributed by atoms with Crippen LogP contribution in [0.1, 0.15) is 0 Å². The third kappa shape index (κ3) is 4.74. The molecule has 11 heteroatoms. The Morgan fingerprint density at radius 1 is 1.03 bits per heavy atom. The lowest BCUT2D eigenvalue weighted by Crippen LogP contribution is -2.45. The molecule has 176 valence electrons. The number of hydrogen-bond acceptors (Lipinski definition) is 8. The van der Waals surface area contributed by atoms with E-state index >= 15 is 8.78 Å². The number of hydrogen-bond donors (Lipinski definition) is 1. The molecule has 2 aromatic heterocycles. The quantitative estimate of drug-likeness (QED) is 0.577. The zero-order chi connectivity index (χ0) is 23.5. The van der Waals surface area contributed by atoms with Gasteiger partial charge in [-0.05, 0) is 37.7 Å². The Balaban J connectivity index is 1.72. The van der Waals surface area contributed by atoms with Crippen LogP contribution >= 0.6 is 0 Å². The van der Waals surface area contributed by atoms with Crippen LogP contribution in [0.15, 0.2) is 18.3 Å². The van der Waals surface area contributed by atoms with Crippen LogP contribution in [-0.2, 0) is 0 Å². The molecule has 2 N–H and O–H groups in total. The second-order valence-corrected chi connectivity index (χ2v) is 7.81. The van der Waals surface area contributed by atoms with E-state index in [0.29, 0.717) is 17.4 Å². The molecule has 1 aliphatic heterocycles. The second-order valence-electron chi connectivity index (χ2n) is 7.81. The zero-order valence-electron chi connectivity index (χ0n) is 18.8. The van der Waals surface area contributed by atoms with Crippen LogP contribution in [0.2, 0.25) is 0 Å². The van der Waals surface area contributed by atoms with Gasteiger partial charge in [0.15, 0.2) is 23.1 Å². The summed E-state index contributed by atoms with van der Waals surface area (Å²) in [6.45, 7) is 5.08. The van der Waals surface area contributed by atoms with E-state index in [-0.39, 0.29) is 34.5 Å². The zero-order valence-corrected chi connectivity index (χ0v) is 18.8. The Kier molecular flexibility index (Phi) is 6.70. The van der Waals surface area contributed by atoms with Gasteiger partial charge in [-0.2, -0.15) is 0 Å². The Bertz CT molecular complexity index is 1130. The first kappa shape index (κ1) is 22.9. The SMILES string of the molecule is COc1cc(OC)c(F)c(-c2cc3cnc(N)nc3c([N-]CCN3CCN(C)CC3)n2)c1F. The van der Waals surface area contributed by atoms with E-state index in [4.69, 9.17) is 15.2 Å². The van der Waals surface area contributed by atoms with Gasteiger partial charge in [-0.25, -0.2) is 18.7 Å². The highest BCUT2D eigenvalue weighted by Crippen LogP contribution is 2.39. The lowest BCUT2D eigenvalue weighted by atomic mass is 10.1. The first-order valence-electron chi connectivity index (χ1n) is 10.5. The molecule has 1 aliphatic rings. The van der Waals surface area contributed by atoms with Gasteiger partial charge in [0.2, 0.25) is 5.95 Å². The van der Waals surface area contributed by atoms with Crippen LogP contribution in [0.3, 0.4) is 0 Å². The summed E-state index contributed by atoms with van der Waals surface area (Å²) in [5.74, 6) is -1.79. The van der Waals surface area contributed by atoms with E-state index in [0.717, 1.165) is 38.8 Å². The minimum atomic E-state index is -0.887. The molecule has 3 heterocycles. The standard InChI is InChI=1S/C22H26F2N7O2/c1-30-6-8-31(9-7-30)5-4-26-21-20-13(12-27-22(25)29-20)10-14(28-21)17-18(23)15(32-2)11-16(33-3)19(17)24/h10-12H,4-9H2,1-3H3,(H2-,25,26,27,28,29)/q-1. The molecule has 1 saturated heterocycles. The Hall–Kier alpha value is -3.31. The van der Waals surface area contributed by atoms with Crippen molar-refractivity contribution in [2.75, 3.05) is 66.3 Å². The van der Waals surface area contributed by atoms with Crippen LogP contribution in [0, 0.1) is 11.6 Å². The van der Waals surface area contributed by atoms with Crippen molar-refractivity contribution >= 4 is 22.7 Å². The number of pyridine rings is 1. The predicted octanol–water partition coefficient (Wildman–Crippen LogP) is 2.82. The Labute approximate surface area is 190 Å². The monoisotopic (exact) mass is 458 g/mol. The lowest BCUT2D eigenvalue weighted by Gasteiger charge is -2.33. The van der Waals surface area contributed by atoms with Gasteiger partial charge >= 0.3 is 0 Å². The first-order chi connectivity index (χ1) is 15.9. The van der Waals surface area contributed by atoms with Crippen molar-refractivity contribution in [1.82, 2.24) is 24.8 Å². The minimum Gasteiger partial charge on any atom is -0.494 e. The maximum atomic E-state index is 15.1. The number of halogens is 2. The second kappa shape index (κ2) is 9.67. The predicted molar refractivity (Wildman–Crippen MR) is 122 cm³/mol. The van der Waals surface area contributed by atoms with Crippen molar-refractivity contribution in [2.24, 2.45) is 0 Å². The summed E-state index contributed by atoms with van der Waals surface area (Å²) < 4.78 is 40.3. The summed E-state index contributed by atoms with van der Waals surface area (Å²) in [7, 11) is 4.69. The maximum Gasteiger partial charge on any atom is 0.220 e. The molecule has 0 saturated carbocycles. The molecule has 0 amide bonds. The van der Waals surface area contributed by atoms with Crippen molar-refractivity contribution in [3.05, 3.63) is 35.3 Å². The van der Waals surface area contributed by atoms with Gasteiger partial charge < -0.3 is 35.3 Å². The molecule has 0 spiro atoms. The van der Waals surface area contributed by atoms with Crippen LogP contribution in [0.4, 0.5) is 20.5 Å². The number of anilines is 1. The number of methoxy groups -OCH3 is 2. The van der Waals surface area contributed by atoms with E-state index < -0.39 is 11.6 Å². The van der Waals surface area contributed by atoms with Crippen LogP contribution < -0.4 is 15.2 Å². The van der Waals surface area contributed by atoms with Gasteiger partial charge in [0.25, 0.3) is 0 Å². The number of benzene rings is 1. The number of aromatic nitrogens is 3. The molecule has 1 fully saturated rings. The van der Waals surface area contributed by atoms with E-state index in [9.17, 15) is 0 Å². The molecular formula is C22H26F2N7O2-. The topological polar surface area (TPSA) is 104 Å². The molecule has 0 radical (unpaired) electrons. The molecule has 1 aromatic carbocycles. The van der Waals surface area contributed by atoms with Crippen LogP contribution in [0.25, 0.3) is 27.5 Å². The summed E-state index contributed by atoms with van der Waals surface area (Å²) in [4.78, 5) is 17.3. The van der Waals surface area contributed by atoms with Gasteiger partial charge in [-0.15, -0.1) is 0 Å². The highest BCUT2D eigenvalue weighted by atomic mass is 19.1. The average Bonchev–Trinajstić information content (AvgIpc) is 2.81. The molecule has 9 nitrogen and oxygen atoms in total. The van der Waals surface area contributed by atoms with Crippen LogP contribution in [-0.4, -0.2) is 85.3 Å². The fourth-order valence-electron chi connectivity index (χ4n) is 3.75. The molecule has 0 unspecified atom stereocenters. The van der Waals surface area contributed by atoms with E-state index in [1.54, 1.807) is 0 Å². The third-order valence-electron chi connectivity index (χ3n) is 5.67. The lowest BCUT2D eigenvalue weighted by molar-refractivity contribution is 0.159. The summed E-state index contributed by atoms with van der Waals surface area (Å²) in [5, 5.41) is 5.11. The van der Waals surface area contributed by atoms with Crippen molar-refractivity contribution in [3.63, 3.8) is 0 Å². The van der Waals surface area contributed by atoms with E-state index in [2.05, 4.69) is 37.1 Å². The molecule has 33 heavy (non-hydrogen) atoms. The van der Waals surface area contributed by atoms with Crippen molar-refractivity contribution in [2.45, 2.75) is 0 Å². The maximum absolute atomic E-state index is 15.1. The van der Waals surface area contributed by atoms with Crippen molar-refractivity contribution in [3.8, 4) is 22.8 Å². The molecule has 4 rings (SSSR count). The van der Waals surface area contributed by atoms with Gasteiger partial charge in [-0.3, -0.25) is 0 Å². The third-order valence-corrected chi connectivity index (χ3v) is 5.67. The Morgan fingerprint density at radius 3 is 2.33 bits per heavy atom. The number of nitrogens with two attached hydrogens (primary N) is 1. The summed E-state index contributed by atoms with van der Waals surface area (Å²) >= 11 is 0. The van der Waals surface area contributed by atoms with Gasteiger partial charge in [0.05, 0.1) is 25.3 Å². The highest BCUT2D eigenvalue weighted by molar-refractivity contribution is 5.92. The normalized spacial score (nSPS) is 15.1. The first-order valence-corrected chi connectivity index (χ1v) is 10.5. The van der Waals surface area contributed by atoms with E-state index in [1.807, 2.05) is 0 Å². The number of ether oxygens (including phenoxy) is 2. The van der Waals surface area contributed by atoms with E-state index in [1.165, 1.54) is 26.5 Å². The molecule has 0 bridgehead atoms. The molecule has 0 atom stereocenters. The number of nitrogen functional groups attached to an aromatic ring is 1. The molecular weight excluding hydrogens is 432 g/mol. The fourth-order valence-corrected chi connectivity index (χ4v) is 3.75. The summed E-state index contributed by atoms with van der Waals surface area (Å²) in [5.41, 5.74) is 5.84. The van der Waals surface area contributed by atoms with Crippen LogP contribution in [0.5, 0.6) is 11.5 Å². The van der Waals surface area contributed by atoms with Gasteiger partial charge in [-0.1, -0.05) is 0 Å². The largest absolute Gasteiger partial charge is 0.494 e. The smallest absolute Gasteiger partial charge is 0.220 e. The minimum absolute atomic E-state index is 0.0291. The Morgan fingerprint density at radius 2 is 1.70 bits per heavy atom. The number of likely N-dealkylation sites (N-methyl/N-ethyl adjacent to an activating group) is 1. The fraction of sp³-hybridized carbons (Fsp3) is 0.409. The summed E-state index contributed by atoms with van der Waals surface area (Å²) in [6, 6.07) is 2.65. The average molecular weight is 458 g/mol. The number of rotatable bonds is 7. The number of nitrogens with zero attached hydrogens (tertiary/aromatic N) is 6. The van der Waals surface area contributed by atoms with Gasteiger partial charge in [0.1, 0.15) is 0 Å². The molecule has 3 aromatic rings. The molecule has 0 aliphatic carbocycles. The number of piperazine rings is 1. The van der Waals surface area contributed by atoms with Crippen molar-refractivity contribution < 1.29 is 18.3 Å². The van der Waals surface area contributed by atoms with Crippen molar-refractivity contribution in [1.29, 1.82) is 0 Å². The highest BCUT2D eigenvalue weighted by Gasteiger charge is 2.21. The summed E-state index contributed by atoms with van der Waals surface area (Å²) in [6.07, 6.45) is 1.48.